The van der Waals surface area contributed by atoms with Gasteiger partial charge in [-0.05, 0) is 31.0 Å². The molecule has 4 heteroatoms. The second-order valence-electron chi connectivity index (χ2n) is 6.89. The summed E-state index contributed by atoms with van der Waals surface area (Å²) < 4.78 is 11.7. The molecule has 0 aliphatic heterocycles. The number of Topliss-reactive ketones (excluding diaryl/α,β-unsaturated/α-hetero) is 1. The molecule has 0 aliphatic carbocycles. The van der Waals surface area contributed by atoms with Crippen LogP contribution in [0, 0.1) is 11.8 Å². The topological polar surface area (TPSA) is 47.6 Å². The van der Waals surface area contributed by atoms with Crippen molar-refractivity contribution in [3.63, 3.8) is 0 Å². The van der Waals surface area contributed by atoms with Gasteiger partial charge in [-0.1, -0.05) is 62.6 Å². The number of benzene rings is 2. The van der Waals surface area contributed by atoms with Crippen molar-refractivity contribution in [1.82, 2.24) is 0 Å². The fraction of sp³-hybridized carbons (Fsp3) is 0.400. The van der Waals surface area contributed by atoms with Crippen LogP contribution in [0.25, 0.3) is 0 Å². The largest absolute Gasteiger partial charge is 0.481 e. The predicted octanol–water partition coefficient (Wildman–Crippen LogP) is 5.23. The Morgan fingerprint density at radius 1 is 1.07 bits per heavy atom. The van der Waals surface area contributed by atoms with Crippen molar-refractivity contribution < 1.29 is 14.3 Å². The number of ketones is 1. The predicted molar refractivity (Wildman–Crippen MR) is 118 cm³/mol. The number of carbonyl (C=O) groups excluding carboxylic acids is 1. The molecule has 29 heavy (non-hydrogen) atoms. The molecule has 0 radical (unpaired) electrons. The lowest BCUT2D eigenvalue weighted by Crippen LogP contribution is -2.40. The van der Waals surface area contributed by atoms with E-state index in [0.29, 0.717) is 13.2 Å². The molecule has 0 heterocycles. The van der Waals surface area contributed by atoms with E-state index < -0.39 is 6.10 Å². The smallest absolute Gasteiger partial charge is 0.160 e. The fourth-order valence-electron chi connectivity index (χ4n) is 3.07. The maximum absolute atomic E-state index is 12.3. The van der Waals surface area contributed by atoms with Crippen molar-refractivity contribution in [3.05, 3.63) is 60.2 Å². The molecule has 4 nitrogen and oxygen atoms in total. The zero-order chi connectivity index (χ0) is 20.9. The molecule has 154 valence electrons. The van der Waals surface area contributed by atoms with E-state index >= 15 is 0 Å². The molecule has 2 atom stereocenters. The highest BCUT2D eigenvalue weighted by Gasteiger charge is 2.26. The summed E-state index contributed by atoms with van der Waals surface area (Å²) in [5.74, 6) is 6.74. The first kappa shape index (κ1) is 22.5. The third-order valence-corrected chi connectivity index (χ3v) is 4.44. The van der Waals surface area contributed by atoms with Crippen LogP contribution in [0.15, 0.2) is 54.6 Å². The Kier molecular flexibility index (Phi) is 9.82. The fourth-order valence-corrected chi connectivity index (χ4v) is 3.07. The van der Waals surface area contributed by atoms with Gasteiger partial charge in [0.1, 0.15) is 18.5 Å². The van der Waals surface area contributed by atoms with E-state index in [2.05, 4.69) is 24.1 Å². The van der Waals surface area contributed by atoms with Crippen LogP contribution in [0.5, 0.6) is 5.75 Å². The molecule has 0 saturated heterocycles. The van der Waals surface area contributed by atoms with Gasteiger partial charge in [-0.15, -0.1) is 5.92 Å². The molecule has 0 spiro atoms. The van der Waals surface area contributed by atoms with E-state index in [1.807, 2.05) is 61.5 Å². The highest BCUT2D eigenvalue weighted by molar-refractivity contribution is 5.81. The molecular weight excluding hydrogens is 362 g/mol. The van der Waals surface area contributed by atoms with Gasteiger partial charge in [0.05, 0.1) is 12.6 Å². The SMILES string of the molecule is CCC#CCOc1cccc(N[C@@H](CCC)[C@H](OCc2ccccc2)C(C)=O)c1. The first-order valence-corrected chi connectivity index (χ1v) is 10.2. The van der Waals surface area contributed by atoms with Crippen molar-refractivity contribution >= 4 is 11.5 Å². The average Bonchev–Trinajstić information content (AvgIpc) is 2.72. The summed E-state index contributed by atoms with van der Waals surface area (Å²) in [5.41, 5.74) is 1.96. The molecule has 0 unspecified atom stereocenters. The van der Waals surface area contributed by atoms with Crippen molar-refractivity contribution in [2.75, 3.05) is 11.9 Å². The Labute approximate surface area is 174 Å². The minimum Gasteiger partial charge on any atom is -0.481 e. The Balaban J connectivity index is 2.06. The third-order valence-electron chi connectivity index (χ3n) is 4.44. The zero-order valence-corrected chi connectivity index (χ0v) is 17.6. The maximum Gasteiger partial charge on any atom is 0.160 e. The number of nitrogens with one attached hydrogen (secondary N) is 1. The molecule has 2 aromatic rings. The molecular formula is C25H31NO3. The van der Waals surface area contributed by atoms with Crippen LogP contribution in [-0.4, -0.2) is 24.5 Å². The van der Waals surface area contributed by atoms with Crippen LogP contribution in [0.1, 0.15) is 45.6 Å². The van der Waals surface area contributed by atoms with E-state index in [4.69, 9.17) is 9.47 Å². The summed E-state index contributed by atoms with van der Waals surface area (Å²) in [6, 6.07) is 17.5. The van der Waals surface area contributed by atoms with Crippen molar-refractivity contribution in [2.24, 2.45) is 0 Å². The monoisotopic (exact) mass is 393 g/mol. The van der Waals surface area contributed by atoms with Gasteiger partial charge in [-0.25, -0.2) is 0 Å². The van der Waals surface area contributed by atoms with Crippen LogP contribution < -0.4 is 10.1 Å². The van der Waals surface area contributed by atoms with E-state index in [1.54, 1.807) is 6.92 Å². The van der Waals surface area contributed by atoms with Gasteiger partial charge < -0.3 is 14.8 Å². The highest BCUT2D eigenvalue weighted by Crippen LogP contribution is 2.21. The number of rotatable bonds is 11. The maximum atomic E-state index is 12.3. The normalized spacial score (nSPS) is 12.4. The highest BCUT2D eigenvalue weighted by atomic mass is 16.5. The lowest BCUT2D eigenvalue weighted by atomic mass is 10.0. The van der Waals surface area contributed by atoms with Gasteiger partial charge >= 0.3 is 0 Å². The molecule has 0 fully saturated rings. The zero-order valence-electron chi connectivity index (χ0n) is 17.6. The summed E-state index contributed by atoms with van der Waals surface area (Å²) >= 11 is 0. The molecule has 1 N–H and O–H groups in total. The number of anilines is 1. The Morgan fingerprint density at radius 3 is 2.55 bits per heavy atom. The van der Waals surface area contributed by atoms with E-state index in [9.17, 15) is 4.79 Å². The van der Waals surface area contributed by atoms with Gasteiger partial charge in [-0.2, -0.15) is 0 Å². The quantitative estimate of drug-likeness (QED) is 0.531. The van der Waals surface area contributed by atoms with Crippen molar-refractivity contribution in [3.8, 4) is 17.6 Å². The van der Waals surface area contributed by atoms with Crippen LogP contribution in [0.2, 0.25) is 0 Å². The molecule has 0 aliphatic rings. The number of hydrogen-bond acceptors (Lipinski definition) is 4. The molecule has 2 rings (SSSR count). The Morgan fingerprint density at radius 2 is 1.86 bits per heavy atom. The lowest BCUT2D eigenvalue weighted by Gasteiger charge is -2.27. The van der Waals surface area contributed by atoms with Gasteiger partial charge in [0.2, 0.25) is 0 Å². The Bertz CT molecular complexity index is 808. The second-order valence-corrected chi connectivity index (χ2v) is 6.89. The molecule has 0 bridgehead atoms. The third kappa shape index (κ3) is 8.01. The number of ether oxygens (including phenoxy) is 2. The average molecular weight is 394 g/mol. The molecule has 0 saturated carbocycles. The summed E-state index contributed by atoms with van der Waals surface area (Å²) in [7, 11) is 0. The molecule has 0 amide bonds. The summed E-state index contributed by atoms with van der Waals surface area (Å²) in [6.07, 6.45) is 2.07. The van der Waals surface area contributed by atoms with Crippen molar-refractivity contribution in [1.29, 1.82) is 0 Å². The Hall–Kier alpha value is -2.77. The van der Waals surface area contributed by atoms with Crippen LogP contribution in [0.3, 0.4) is 0 Å². The minimum absolute atomic E-state index is 0.0223. The van der Waals surface area contributed by atoms with E-state index in [1.165, 1.54) is 0 Å². The standard InChI is InChI=1S/C25H31NO3/c1-4-6-10-17-28-23-16-11-15-22(18-23)26-24(12-5-2)25(20(3)27)29-19-21-13-8-7-9-14-21/h7-9,11,13-16,18,24-26H,4-5,12,17,19H2,1-3H3/t24-,25+/m0/s1. The van der Waals surface area contributed by atoms with E-state index in [0.717, 1.165) is 36.3 Å². The first-order chi connectivity index (χ1) is 14.1. The van der Waals surface area contributed by atoms with Gasteiger partial charge in [0.25, 0.3) is 0 Å². The molecule has 2 aromatic carbocycles. The van der Waals surface area contributed by atoms with Gasteiger partial charge in [0, 0.05) is 18.2 Å². The van der Waals surface area contributed by atoms with Gasteiger partial charge in [-0.3, -0.25) is 4.79 Å². The summed E-state index contributed by atoms with van der Waals surface area (Å²) in [4.78, 5) is 12.3. The molecule has 0 aromatic heterocycles. The van der Waals surface area contributed by atoms with Gasteiger partial charge in [0.15, 0.2) is 5.78 Å². The number of carbonyl (C=O) groups is 1. The van der Waals surface area contributed by atoms with Crippen molar-refractivity contribution in [2.45, 2.75) is 58.8 Å². The summed E-state index contributed by atoms with van der Waals surface area (Å²) in [5, 5.41) is 3.48. The number of hydrogen-bond donors (Lipinski definition) is 1. The second kappa shape index (κ2) is 12.6. The lowest BCUT2D eigenvalue weighted by molar-refractivity contribution is -0.130. The van der Waals surface area contributed by atoms with Crippen LogP contribution in [-0.2, 0) is 16.1 Å². The summed E-state index contributed by atoms with van der Waals surface area (Å²) in [6.45, 7) is 6.48. The first-order valence-electron chi connectivity index (χ1n) is 10.2. The van der Waals surface area contributed by atoms with Crippen LogP contribution in [0.4, 0.5) is 5.69 Å². The van der Waals surface area contributed by atoms with E-state index in [-0.39, 0.29) is 11.8 Å². The minimum atomic E-state index is -0.518. The van der Waals surface area contributed by atoms with Crippen LogP contribution >= 0.6 is 0 Å².